The fraction of sp³-hybridized carbons (Fsp3) is 0.600. The van der Waals surface area contributed by atoms with Gasteiger partial charge >= 0.3 is 0 Å². The average molecular weight is 251 g/mol. The first-order valence-corrected chi connectivity index (χ1v) is 7.39. The molecule has 2 heteroatoms. The largest absolute Gasteiger partial charge is 0.313 e. The van der Waals surface area contributed by atoms with Crippen LogP contribution >= 0.6 is 11.8 Å². The highest BCUT2D eigenvalue weighted by molar-refractivity contribution is 8.00. The van der Waals surface area contributed by atoms with Crippen LogP contribution in [-0.4, -0.2) is 11.8 Å². The molecule has 0 fully saturated rings. The van der Waals surface area contributed by atoms with E-state index in [0.717, 1.165) is 19.0 Å². The van der Waals surface area contributed by atoms with E-state index in [1.54, 1.807) is 0 Å². The van der Waals surface area contributed by atoms with Gasteiger partial charge in [-0.3, -0.25) is 0 Å². The topological polar surface area (TPSA) is 12.0 Å². The van der Waals surface area contributed by atoms with Gasteiger partial charge in [0, 0.05) is 16.7 Å². The first kappa shape index (κ1) is 14.6. The first-order chi connectivity index (χ1) is 8.04. The van der Waals surface area contributed by atoms with E-state index in [9.17, 15) is 0 Å². The highest BCUT2D eigenvalue weighted by Crippen LogP contribution is 2.30. The van der Waals surface area contributed by atoms with E-state index in [1.807, 2.05) is 11.8 Å². The van der Waals surface area contributed by atoms with Gasteiger partial charge in [-0.1, -0.05) is 39.8 Å². The van der Waals surface area contributed by atoms with E-state index in [2.05, 4.69) is 58.1 Å². The third-order valence-electron chi connectivity index (χ3n) is 3.07. The van der Waals surface area contributed by atoms with E-state index in [4.69, 9.17) is 0 Å². The Kier molecular flexibility index (Phi) is 6.07. The molecule has 0 aromatic heterocycles. The summed E-state index contributed by atoms with van der Waals surface area (Å²) in [5, 5.41) is 4.04. The summed E-state index contributed by atoms with van der Waals surface area (Å²) < 4.78 is 0. The molecule has 0 radical (unpaired) electrons. The lowest BCUT2D eigenvalue weighted by Crippen LogP contribution is -2.11. The highest BCUT2D eigenvalue weighted by atomic mass is 32.2. The predicted octanol–water partition coefficient (Wildman–Crippen LogP) is 4.24. The molecule has 0 amide bonds. The molecule has 0 saturated carbocycles. The third kappa shape index (κ3) is 4.72. The van der Waals surface area contributed by atoms with Crippen molar-refractivity contribution in [3.05, 3.63) is 29.3 Å². The molecule has 0 heterocycles. The van der Waals surface area contributed by atoms with E-state index >= 15 is 0 Å². The normalized spacial score (nSPS) is 13.1. The minimum absolute atomic E-state index is 0.674. The van der Waals surface area contributed by atoms with Gasteiger partial charge in [0.25, 0.3) is 0 Å². The number of nitrogens with one attached hydrogen (secondary N) is 1. The third-order valence-corrected chi connectivity index (χ3v) is 4.70. The second kappa shape index (κ2) is 7.07. The van der Waals surface area contributed by atoms with Crippen LogP contribution in [0.2, 0.25) is 0 Å². The van der Waals surface area contributed by atoms with Crippen LogP contribution in [0.3, 0.4) is 0 Å². The second-order valence-corrected chi connectivity index (χ2v) is 6.37. The lowest BCUT2D eigenvalue weighted by molar-refractivity contribution is 0.642. The molecule has 0 saturated heterocycles. The van der Waals surface area contributed by atoms with Crippen LogP contribution in [0.15, 0.2) is 23.1 Å². The van der Waals surface area contributed by atoms with Gasteiger partial charge in [0.2, 0.25) is 0 Å². The highest BCUT2D eigenvalue weighted by Gasteiger charge is 2.10. The molecular weight excluding hydrogens is 226 g/mol. The summed E-state index contributed by atoms with van der Waals surface area (Å²) in [7, 11) is 0. The fourth-order valence-electron chi connectivity index (χ4n) is 1.56. The summed E-state index contributed by atoms with van der Waals surface area (Å²) >= 11 is 1.99. The molecule has 1 N–H and O–H groups in total. The molecule has 1 atom stereocenters. The Hall–Kier alpha value is -0.470. The van der Waals surface area contributed by atoms with Crippen molar-refractivity contribution in [2.24, 2.45) is 5.92 Å². The Labute approximate surface area is 110 Å². The zero-order valence-electron chi connectivity index (χ0n) is 11.7. The van der Waals surface area contributed by atoms with E-state index in [0.29, 0.717) is 5.25 Å². The monoisotopic (exact) mass is 251 g/mol. The van der Waals surface area contributed by atoms with Gasteiger partial charge in [0.05, 0.1) is 0 Å². The summed E-state index contributed by atoms with van der Waals surface area (Å²) in [5.41, 5.74) is 2.78. The Morgan fingerprint density at radius 2 is 1.94 bits per heavy atom. The molecule has 0 aliphatic carbocycles. The molecule has 1 aromatic rings. The summed E-state index contributed by atoms with van der Waals surface area (Å²) in [5.74, 6) is 0.723. The fourth-order valence-corrected chi connectivity index (χ4v) is 2.62. The molecule has 0 spiro atoms. The van der Waals surface area contributed by atoms with Crippen LogP contribution in [0.4, 0.5) is 0 Å². The van der Waals surface area contributed by atoms with Crippen LogP contribution in [0, 0.1) is 12.8 Å². The standard InChI is InChI=1S/C15H25NS/c1-6-16-10-14-7-8-15(12(4)9-14)17-13(5)11(2)3/h7-9,11,13,16H,6,10H2,1-5H3. The minimum Gasteiger partial charge on any atom is -0.313 e. The maximum atomic E-state index is 3.36. The maximum Gasteiger partial charge on any atom is 0.0205 e. The van der Waals surface area contributed by atoms with E-state index in [1.165, 1.54) is 16.0 Å². The molecular formula is C15H25NS. The van der Waals surface area contributed by atoms with E-state index in [-0.39, 0.29) is 0 Å². The smallest absolute Gasteiger partial charge is 0.0205 e. The van der Waals surface area contributed by atoms with Gasteiger partial charge < -0.3 is 5.32 Å². The summed E-state index contributed by atoms with van der Waals surface area (Å²) in [4.78, 5) is 1.42. The van der Waals surface area contributed by atoms with Crippen LogP contribution in [0.5, 0.6) is 0 Å². The quantitative estimate of drug-likeness (QED) is 0.759. The Morgan fingerprint density at radius 3 is 2.47 bits per heavy atom. The van der Waals surface area contributed by atoms with Crippen LogP contribution < -0.4 is 5.32 Å². The molecule has 96 valence electrons. The number of benzene rings is 1. The van der Waals surface area contributed by atoms with Crippen molar-refractivity contribution in [2.75, 3.05) is 6.54 Å². The molecule has 0 aliphatic rings. The molecule has 1 aromatic carbocycles. The van der Waals surface area contributed by atoms with Gasteiger partial charge in [-0.05, 0) is 36.6 Å². The molecule has 1 rings (SSSR count). The summed E-state index contributed by atoms with van der Waals surface area (Å²) in [6, 6.07) is 6.81. The molecule has 0 aliphatic heterocycles. The Bertz CT molecular complexity index is 347. The van der Waals surface area contributed by atoms with Crippen molar-refractivity contribution in [3.63, 3.8) is 0 Å². The van der Waals surface area contributed by atoms with Crippen LogP contribution in [0.25, 0.3) is 0 Å². The maximum absolute atomic E-state index is 3.36. The van der Waals surface area contributed by atoms with Gasteiger partial charge in [-0.25, -0.2) is 0 Å². The number of rotatable bonds is 6. The van der Waals surface area contributed by atoms with Gasteiger partial charge in [0.1, 0.15) is 0 Å². The average Bonchev–Trinajstić information content (AvgIpc) is 2.29. The van der Waals surface area contributed by atoms with Gasteiger partial charge in [-0.15, -0.1) is 11.8 Å². The van der Waals surface area contributed by atoms with Crippen molar-refractivity contribution >= 4 is 11.8 Å². The lowest BCUT2D eigenvalue weighted by Gasteiger charge is -2.17. The van der Waals surface area contributed by atoms with Crippen LogP contribution in [0.1, 0.15) is 38.8 Å². The predicted molar refractivity (Wildman–Crippen MR) is 78.7 cm³/mol. The lowest BCUT2D eigenvalue weighted by atomic mass is 10.1. The van der Waals surface area contributed by atoms with Crippen molar-refractivity contribution < 1.29 is 0 Å². The van der Waals surface area contributed by atoms with Crippen molar-refractivity contribution in [1.82, 2.24) is 5.32 Å². The van der Waals surface area contributed by atoms with Gasteiger partial charge in [0.15, 0.2) is 0 Å². The number of thioether (sulfide) groups is 1. The number of hydrogen-bond donors (Lipinski definition) is 1. The SMILES string of the molecule is CCNCc1ccc(SC(C)C(C)C)c(C)c1. The first-order valence-electron chi connectivity index (χ1n) is 6.51. The van der Waals surface area contributed by atoms with Crippen molar-refractivity contribution in [1.29, 1.82) is 0 Å². The Balaban J connectivity index is 2.69. The van der Waals surface area contributed by atoms with Gasteiger partial charge in [-0.2, -0.15) is 0 Å². The molecule has 1 unspecified atom stereocenters. The van der Waals surface area contributed by atoms with Crippen molar-refractivity contribution in [2.45, 2.75) is 51.3 Å². The van der Waals surface area contributed by atoms with E-state index < -0.39 is 0 Å². The summed E-state index contributed by atoms with van der Waals surface area (Å²) in [6.07, 6.45) is 0. The molecule has 1 nitrogen and oxygen atoms in total. The second-order valence-electron chi connectivity index (χ2n) is 4.95. The molecule has 17 heavy (non-hydrogen) atoms. The number of aryl methyl sites for hydroxylation is 1. The zero-order chi connectivity index (χ0) is 12.8. The number of hydrogen-bond acceptors (Lipinski definition) is 2. The zero-order valence-corrected chi connectivity index (χ0v) is 12.5. The molecule has 0 bridgehead atoms. The van der Waals surface area contributed by atoms with Crippen LogP contribution in [-0.2, 0) is 6.54 Å². The summed E-state index contributed by atoms with van der Waals surface area (Å²) in [6.45, 7) is 13.2. The van der Waals surface area contributed by atoms with Crippen molar-refractivity contribution in [3.8, 4) is 0 Å². The minimum atomic E-state index is 0.674. The Morgan fingerprint density at radius 1 is 1.24 bits per heavy atom.